The summed E-state index contributed by atoms with van der Waals surface area (Å²) in [5.74, 6) is 0. The third-order valence-electron chi connectivity index (χ3n) is 1.60. The Morgan fingerprint density at radius 3 is 2.45 bits per heavy atom. The first-order valence-electron chi connectivity index (χ1n) is 3.29. The van der Waals surface area contributed by atoms with Crippen LogP contribution in [-0.4, -0.2) is 0 Å². The van der Waals surface area contributed by atoms with E-state index in [1.54, 1.807) is 0 Å². The van der Waals surface area contributed by atoms with Gasteiger partial charge in [-0.15, -0.1) is 0 Å². The highest BCUT2D eigenvalue weighted by molar-refractivity contribution is 6.31. The van der Waals surface area contributed by atoms with Crippen LogP contribution in [-0.2, 0) is 0 Å². The lowest BCUT2D eigenvalue weighted by molar-refractivity contribution is 1.41. The first-order valence-corrected chi connectivity index (χ1v) is 3.67. The van der Waals surface area contributed by atoms with E-state index in [-0.39, 0.29) is 0 Å². The number of nitrogens with zero attached hydrogens (tertiary/aromatic N) is 1. The van der Waals surface area contributed by atoms with Gasteiger partial charge in [0.15, 0.2) is 5.69 Å². The third-order valence-corrected chi connectivity index (χ3v) is 2.00. The lowest BCUT2D eigenvalue weighted by atomic mass is 10.1. The van der Waals surface area contributed by atoms with Crippen LogP contribution in [0, 0.1) is 20.4 Å². The van der Waals surface area contributed by atoms with Crippen molar-refractivity contribution >= 4 is 17.3 Å². The molecule has 1 nitrogen and oxygen atoms in total. The second-order valence-electron chi connectivity index (χ2n) is 2.50. The van der Waals surface area contributed by atoms with Crippen molar-refractivity contribution in [3.8, 4) is 0 Å². The van der Waals surface area contributed by atoms with Crippen LogP contribution in [0.15, 0.2) is 12.1 Å². The fourth-order valence-corrected chi connectivity index (χ4v) is 1.10. The van der Waals surface area contributed by atoms with Gasteiger partial charge in [-0.25, -0.2) is 4.85 Å². The van der Waals surface area contributed by atoms with E-state index in [1.807, 2.05) is 26.0 Å². The van der Waals surface area contributed by atoms with E-state index in [1.165, 1.54) is 0 Å². The summed E-state index contributed by atoms with van der Waals surface area (Å²) in [6.07, 6.45) is 0. The summed E-state index contributed by atoms with van der Waals surface area (Å²) in [4.78, 5) is 3.36. The van der Waals surface area contributed by atoms with E-state index >= 15 is 0 Å². The molecule has 0 unspecified atom stereocenters. The first kappa shape index (κ1) is 8.10. The van der Waals surface area contributed by atoms with Gasteiger partial charge in [0.05, 0.1) is 6.57 Å². The normalized spacial score (nSPS) is 9.27. The molecule has 56 valence electrons. The minimum absolute atomic E-state index is 0.687. The minimum atomic E-state index is 0.687. The fourth-order valence-electron chi connectivity index (χ4n) is 0.886. The molecule has 0 saturated heterocycles. The lowest BCUT2D eigenvalue weighted by Gasteiger charge is -2.00. The van der Waals surface area contributed by atoms with Crippen LogP contribution in [0.2, 0.25) is 5.02 Å². The quantitative estimate of drug-likeness (QED) is 0.519. The van der Waals surface area contributed by atoms with Gasteiger partial charge in [-0.1, -0.05) is 23.7 Å². The standard InChI is InChI=1S/C9H8ClN/c1-6-5-9(11-3)7(2)4-8(6)10/h4-5H,1-2H3. The van der Waals surface area contributed by atoms with Crippen molar-refractivity contribution < 1.29 is 0 Å². The molecular weight excluding hydrogens is 158 g/mol. The van der Waals surface area contributed by atoms with Crippen molar-refractivity contribution in [2.24, 2.45) is 0 Å². The fraction of sp³-hybridized carbons (Fsp3) is 0.222. The number of halogens is 1. The second-order valence-corrected chi connectivity index (χ2v) is 2.91. The molecule has 0 spiro atoms. The van der Waals surface area contributed by atoms with Crippen LogP contribution in [0.25, 0.3) is 4.85 Å². The summed E-state index contributed by atoms with van der Waals surface area (Å²) < 4.78 is 0. The Morgan fingerprint density at radius 1 is 1.27 bits per heavy atom. The smallest absolute Gasteiger partial charge is 0.190 e. The van der Waals surface area contributed by atoms with Gasteiger partial charge < -0.3 is 0 Å². The first-order chi connectivity index (χ1) is 5.15. The van der Waals surface area contributed by atoms with Gasteiger partial charge in [-0.05, 0) is 25.0 Å². The highest BCUT2D eigenvalue weighted by atomic mass is 35.5. The average Bonchev–Trinajstić information content (AvgIpc) is 1.97. The minimum Gasteiger partial charge on any atom is -0.238 e. The second kappa shape index (κ2) is 2.94. The zero-order chi connectivity index (χ0) is 8.43. The van der Waals surface area contributed by atoms with Crippen LogP contribution < -0.4 is 0 Å². The molecule has 0 bridgehead atoms. The highest BCUT2D eigenvalue weighted by Crippen LogP contribution is 2.25. The molecule has 1 aromatic rings. The summed E-state index contributed by atoms with van der Waals surface area (Å²) >= 11 is 5.84. The molecule has 0 aromatic heterocycles. The molecule has 0 aliphatic carbocycles. The maximum atomic E-state index is 6.83. The van der Waals surface area contributed by atoms with E-state index < -0.39 is 0 Å². The molecule has 0 atom stereocenters. The van der Waals surface area contributed by atoms with E-state index in [9.17, 15) is 0 Å². The monoisotopic (exact) mass is 165 g/mol. The van der Waals surface area contributed by atoms with Crippen LogP contribution in [0.3, 0.4) is 0 Å². The maximum Gasteiger partial charge on any atom is 0.190 e. The predicted octanol–water partition coefficient (Wildman–Crippen LogP) is 3.51. The van der Waals surface area contributed by atoms with Crippen LogP contribution in [0.5, 0.6) is 0 Å². The Bertz CT molecular complexity index is 323. The van der Waals surface area contributed by atoms with Gasteiger partial charge in [0.1, 0.15) is 0 Å². The Kier molecular flexibility index (Phi) is 2.16. The van der Waals surface area contributed by atoms with Gasteiger partial charge in [0, 0.05) is 5.02 Å². The van der Waals surface area contributed by atoms with Gasteiger partial charge in [0.25, 0.3) is 0 Å². The topological polar surface area (TPSA) is 4.36 Å². The van der Waals surface area contributed by atoms with Crippen molar-refractivity contribution in [2.75, 3.05) is 0 Å². The lowest BCUT2D eigenvalue weighted by Crippen LogP contribution is -1.77. The van der Waals surface area contributed by atoms with Gasteiger partial charge in [-0.2, -0.15) is 0 Å². The van der Waals surface area contributed by atoms with E-state index in [2.05, 4.69) is 4.85 Å². The molecule has 1 aromatic carbocycles. The average molecular weight is 166 g/mol. The number of hydrogen-bond donors (Lipinski definition) is 0. The van der Waals surface area contributed by atoms with Gasteiger partial charge in [-0.3, -0.25) is 0 Å². The summed E-state index contributed by atoms with van der Waals surface area (Å²) in [5.41, 5.74) is 2.59. The molecule has 0 saturated carbocycles. The molecule has 11 heavy (non-hydrogen) atoms. The SMILES string of the molecule is [C-]#[N+]c1cc(C)c(Cl)cc1C. The molecule has 0 N–H and O–H groups in total. The third kappa shape index (κ3) is 1.53. The van der Waals surface area contributed by atoms with E-state index in [4.69, 9.17) is 18.2 Å². The molecular formula is C9H8ClN. The number of benzene rings is 1. The van der Waals surface area contributed by atoms with Crippen molar-refractivity contribution in [2.45, 2.75) is 13.8 Å². The van der Waals surface area contributed by atoms with Crippen LogP contribution >= 0.6 is 11.6 Å². The molecule has 0 heterocycles. The number of rotatable bonds is 0. The van der Waals surface area contributed by atoms with E-state index in [0.29, 0.717) is 5.69 Å². The molecule has 0 radical (unpaired) electrons. The molecule has 1 rings (SSSR count). The van der Waals surface area contributed by atoms with Crippen LogP contribution in [0.4, 0.5) is 5.69 Å². The zero-order valence-corrected chi connectivity index (χ0v) is 7.24. The molecule has 0 fully saturated rings. The molecule has 0 aliphatic heterocycles. The Hall–Kier alpha value is -1.00. The van der Waals surface area contributed by atoms with Crippen molar-refractivity contribution in [1.82, 2.24) is 0 Å². The Labute approximate surface area is 71.4 Å². The Balaban J connectivity index is 3.35. The summed E-state index contributed by atoms with van der Waals surface area (Å²) in [6, 6.07) is 3.63. The van der Waals surface area contributed by atoms with Crippen molar-refractivity contribution in [1.29, 1.82) is 0 Å². The highest BCUT2D eigenvalue weighted by Gasteiger charge is 2.00. The Morgan fingerprint density at radius 2 is 1.91 bits per heavy atom. The number of hydrogen-bond acceptors (Lipinski definition) is 0. The molecule has 0 aliphatic rings. The zero-order valence-electron chi connectivity index (χ0n) is 6.48. The summed E-state index contributed by atoms with van der Waals surface area (Å²) in [7, 11) is 0. The molecule has 2 heteroatoms. The van der Waals surface area contributed by atoms with Gasteiger partial charge >= 0.3 is 0 Å². The van der Waals surface area contributed by atoms with Crippen molar-refractivity contribution in [3.63, 3.8) is 0 Å². The predicted molar refractivity (Wildman–Crippen MR) is 47.2 cm³/mol. The largest absolute Gasteiger partial charge is 0.238 e. The summed E-state index contributed by atoms with van der Waals surface area (Å²) in [6.45, 7) is 10.6. The van der Waals surface area contributed by atoms with E-state index in [0.717, 1.165) is 16.1 Å². The molecule has 0 amide bonds. The van der Waals surface area contributed by atoms with Crippen molar-refractivity contribution in [3.05, 3.63) is 39.7 Å². The van der Waals surface area contributed by atoms with Crippen LogP contribution in [0.1, 0.15) is 11.1 Å². The number of aryl methyl sites for hydroxylation is 2. The maximum absolute atomic E-state index is 6.83. The van der Waals surface area contributed by atoms with Gasteiger partial charge in [0.2, 0.25) is 0 Å². The summed E-state index contributed by atoms with van der Waals surface area (Å²) in [5, 5.41) is 0.731.